The van der Waals surface area contributed by atoms with E-state index in [2.05, 4.69) is 16.9 Å². The summed E-state index contributed by atoms with van der Waals surface area (Å²) in [5.74, 6) is 1.16. The fraction of sp³-hybridized carbons (Fsp3) is 0.625. The average Bonchev–Trinajstić information content (AvgIpc) is 2.50. The predicted molar refractivity (Wildman–Crippen MR) is 88.8 cm³/mol. The first-order valence-corrected chi connectivity index (χ1v) is 8.16. The molecule has 0 amide bonds. The van der Waals surface area contributed by atoms with Gasteiger partial charge in [0.05, 0.1) is 0 Å². The van der Waals surface area contributed by atoms with Crippen molar-refractivity contribution in [3.8, 4) is 0 Å². The quantitative estimate of drug-likeness (QED) is 0.819. The number of methoxy groups -OCH3 is 1. The van der Waals surface area contributed by atoms with Gasteiger partial charge >= 0.3 is 7.05 Å². The molecule has 1 aliphatic rings. The maximum absolute atomic E-state index is 9.68. The molecule has 1 heterocycles. The summed E-state index contributed by atoms with van der Waals surface area (Å²) < 4.78 is 5.29. The summed E-state index contributed by atoms with van der Waals surface area (Å²) in [6.45, 7) is 4.57. The highest BCUT2D eigenvalue weighted by Gasteiger charge is 2.29. The lowest BCUT2D eigenvalue weighted by atomic mass is 9.75. The van der Waals surface area contributed by atoms with Crippen LogP contribution in [0.2, 0.25) is 11.8 Å². The van der Waals surface area contributed by atoms with Crippen LogP contribution in [0.3, 0.4) is 0 Å². The maximum atomic E-state index is 9.68. The summed E-state index contributed by atoms with van der Waals surface area (Å²) in [4.78, 5) is 2.14. The second-order valence-corrected chi connectivity index (χ2v) is 6.38. The van der Waals surface area contributed by atoms with Crippen LogP contribution in [-0.4, -0.2) is 43.7 Å². The van der Waals surface area contributed by atoms with Crippen LogP contribution in [0.1, 0.15) is 30.7 Å². The molecule has 3 nitrogen and oxygen atoms in total. The molecule has 0 spiro atoms. The summed E-state index contributed by atoms with van der Waals surface area (Å²) in [5, 5.41) is 10.5. The molecule has 0 aliphatic carbocycles. The van der Waals surface area contributed by atoms with Gasteiger partial charge in [0.15, 0.2) is 0 Å². The molecule has 1 aromatic rings. The number of nitrogens with zero attached hydrogens (tertiary/aromatic N) is 1. The first-order valence-electron chi connectivity index (χ1n) is 7.78. The number of piperidine rings is 1. The molecule has 1 saturated heterocycles. The monoisotopic (exact) mass is 309 g/mol. The van der Waals surface area contributed by atoms with Gasteiger partial charge in [-0.1, -0.05) is 23.7 Å². The minimum Gasteiger partial charge on any atom is -0.437 e. The molecule has 0 radical (unpaired) electrons. The van der Waals surface area contributed by atoms with E-state index in [0.717, 1.165) is 44.0 Å². The van der Waals surface area contributed by atoms with Gasteiger partial charge in [0.2, 0.25) is 0 Å². The van der Waals surface area contributed by atoms with E-state index in [4.69, 9.17) is 16.3 Å². The number of rotatable bonds is 6. The molecule has 1 atom stereocenters. The van der Waals surface area contributed by atoms with Crippen molar-refractivity contribution in [3.63, 3.8) is 0 Å². The van der Waals surface area contributed by atoms with Crippen LogP contribution in [0.15, 0.2) is 24.3 Å². The van der Waals surface area contributed by atoms with Gasteiger partial charge in [-0.3, -0.25) is 0 Å². The van der Waals surface area contributed by atoms with Gasteiger partial charge in [0.25, 0.3) is 0 Å². The van der Waals surface area contributed by atoms with E-state index in [-0.39, 0.29) is 7.05 Å². The molecule has 1 unspecified atom stereocenters. The van der Waals surface area contributed by atoms with E-state index in [1.807, 2.05) is 19.0 Å². The molecule has 0 aromatic heterocycles. The molecule has 0 bridgehead atoms. The summed E-state index contributed by atoms with van der Waals surface area (Å²) in [6, 6.07) is 8.23. The van der Waals surface area contributed by atoms with Gasteiger partial charge < -0.3 is 14.6 Å². The van der Waals surface area contributed by atoms with E-state index in [9.17, 15) is 5.02 Å². The molecule has 21 heavy (non-hydrogen) atoms. The van der Waals surface area contributed by atoms with Gasteiger partial charge in [-0.05, 0) is 68.7 Å². The van der Waals surface area contributed by atoms with Crippen molar-refractivity contribution in [2.45, 2.75) is 32.0 Å². The lowest BCUT2D eigenvalue weighted by molar-refractivity contribution is 0.160. The lowest BCUT2D eigenvalue weighted by Crippen LogP contribution is -2.43. The van der Waals surface area contributed by atoms with Crippen LogP contribution in [-0.2, 0) is 4.74 Å². The number of hydrogen-bond donors (Lipinski definition) is 1. The highest BCUT2D eigenvalue weighted by atomic mass is 35.5. The van der Waals surface area contributed by atoms with E-state index < -0.39 is 0 Å². The molecule has 116 valence electrons. The van der Waals surface area contributed by atoms with Crippen molar-refractivity contribution in [2.75, 3.05) is 26.8 Å². The van der Waals surface area contributed by atoms with Crippen LogP contribution in [0.25, 0.3) is 0 Å². The van der Waals surface area contributed by atoms with E-state index >= 15 is 0 Å². The highest BCUT2D eigenvalue weighted by molar-refractivity contribution is 6.45. The first-order chi connectivity index (χ1) is 10.1. The number of ether oxygens (including phenoxy) is 1. The van der Waals surface area contributed by atoms with E-state index in [1.54, 1.807) is 7.11 Å². The van der Waals surface area contributed by atoms with Crippen LogP contribution < -0.4 is 0 Å². The van der Waals surface area contributed by atoms with Crippen molar-refractivity contribution in [2.24, 2.45) is 5.92 Å². The zero-order valence-electron chi connectivity index (χ0n) is 13.0. The average molecular weight is 310 g/mol. The van der Waals surface area contributed by atoms with Crippen LogP contribution in [0.5, 0.6) is 0 Å². The van der Waals surface area contributed by atoms with Gasteiger partial charge in [0, 0.05) is 18.7 Å². The molecule has 1 aromatic carbocycles. The van der Waals surface area contributed by atoms with Gasteiger partial charge in [0.1, 0.15) is 0 Å². The Kier molecular flexibility index (Phi) is 6.55. The largest absolute Gasteiger partial charge is 0.437 e. The van der Waals surface area contributed by atoms with Crippen LogP contribution in [0, 0.1) is 5.92 Å². The van der Waals surface area contributed by atoms with Crippen molar-refractivity contribution >= 4 is 18.7 Å². The third-order valence-electron chi connectivity index (χ3n) is 4.60. The first kappa shape index (κ1) is 16.8. The lowest BCUT2D eigenvalue weighted by Gasteiger charge is -2.37. The summed E-state index contributed by atoms with van der Waals surface area (Å²) >= 11 is 6.00. The normalized spacial score (nSPS) is 18.7. The molecular formula is C16H25BClNO2. The standard InChI is InChI=1S/C16H25BClNO2/c1-17(20)19-10-7-14(8-11-19)16(9-12-21-2)13-3-5-15(18)6-4-13/h3-6,14,16,20H,7-12H2,1-2H3. The van der Waals surface area contributed by atoms with Crippen molar-refractivity contribution in [1.29, 1.82) is 0 Å². The zero-order chi connectivity index (χ0) is 15.2. The number of benzene rings is 1. The van der Waals surface area contributed by atoms with Crippen LogP contribution in [0.4, 0.5) is 0 Å². The topological polar surface area (TPSA) is 32.7 Å². The fourth-order valence-electron chi connectivity index (χ4n) is 3.32. The maximum Gasteiger partial charge on any atom is 0.376 e. The van der Waals surface area contributed by atoms with E-state index in [1.165, 1.54) is 5.56 Å². The Balaban J connectivity index is 2.04. The Bertz CT molecular complexity index is 419. The second kappa shape index (κ2) is 8.18. The molecule has 1 aliphatic heterocycles. The zero-order valence-corrected chi connectivity index (χ0v) is 13.7. The molecular weight excluding hydrogens is 284 g/mol. The van der Waals surface area contributed by atoms with Gasteiger partial charge in [-0.25, -0.2) is 0 Å². The smallest absolute Gasteiger partial charge is 0.376 e. The Morgan fingerprint density at radius 3 is 2.48 bits per heavy atom. The minimum atomic E-state index is -0.334. The van der Waals surface area contributed by atoms with Gasteiger partial charge in [-0.2, -0.15) is 0 Å². The Hall–Kier alpha value is -0.545. The number of hydrogen-bond acceptors (Lipinski definition) is 3. The Morgan fingerprint density at radius 2 is 1.95 bits per heavy atom. The fourth-order valence-corrected chi connectivity index (χ4v) is 3.45. The third kappa shape index (κ3) is 4.72. The molecule has 5 heteroatoms. The van der Waals surface area contributed by atoms with E-state index in [0.29, 0.717) is 11.8 Å². The highest BCUT2D eigenvalue weighted by Crippen LogP contribution is 2.35. The second-order valence-electron chi connectivity index (χ2n) is 5.94. The van der Waals surface area contributed by atoms with Crippen molar-refractivity contribution < 1.29 is 9.76 Å². The summed E-state index contributed by atoms with van der Waals surface area (Å²) in [6.07, 6.45) is 3.29. The minimum absolute atomic E-state index is 0.334. The SMILES string of the molecule is COCCC(c1ccc(Cl)cc1)C1CCN(B(C)O)CC1. The molecule has 0 saturated carbocycles. The van der Waals surface area contributed by atoms with Gasteiger partial charge in [-0.15, -0.1) is 0 Å². The summed E-state index contributed by atoms with van der Waals surface area (Å²) in [7, 11) is 1.42. The Morgan fingerprint density at radius 1 is 1.33 bits per heavy atom. The third-order valence-corrected chi connectivity index (χ3v) is 4.85. The molecule has 1 N–H and O–H groups in total. The predicted octanol–water partition coefficient (Wildman–Crippen LogP) is 3.28. The van der Waals surface area contributed by atoms with Crippen molar-refractivity contribution in [1.82, 2.24) is 4.81 Å². The Labute approximate surface area is 133 Å². The van der Waals surface area contributed by atoms with Crippen molar-refractivity contribution in [3.05, 3.63) is 34.9 Å². The van der Waals surface area contributed by atoms with Crippen LogP contribution >= 0.6 is 11.6 Å². The number of halogens is 1. The molecule has 1 fully saturated rings. The molecule has 2 rings (SSSR count). The summed E-state index contributed by atoms with van der Waals surface area (Å²) in [5.41, 5.74) is 1.35.